The summed E-state index contributed by atoms with van der Waals surface area (Å²) in [5, 5.41) is 3.98. The number of ether oxygens (including phenoxy) is 1. The molecule has 0 aromatic heterocycles. The Morgan fingerprint density at radius 2 is 1.76 bits per heavy atom. The van der Waals surface area contributed by atoms with Crippen LogP contribution in [0.25, 0.3) is 0 Å². The lowest BCUT2D eigenvalue weighted by Crippen LogP contribution is -2.54. The van der Waals surface area contributed by atoms with Crippen molar-refractivity contribution < 1.29 is 9.53 Å². The van der Waals surface area contributed by atoms with Crippen LogP contribution in [0.15, 0.2) is 24.3 Å². The smallest absolute Gasteiger partial charge is 0.317 e. The summed E-state index contributed by atoms with van der Waals surface area (Å²) in [4.78, 5) is 16.8. The first-order chi connectivity index (χ1) is 12.0. The zero-order valence-corrected chi connectivity index (χ0v) is 15.8. The number of benzene rings is 1. The molecule has 2 atom stereocenters. The average molecular weight is 366 g/mol. The summed E-state index contributed by atoms with van der Waals surface area (Å²) in [6.07, 6.45) is 2.20. The third-order valence-electron chi connectivity index (χ3n) is 4.94. The molecule has 2 fully saturated rings. The number of nitrogens with one attached hydrogen (secondary N) is 1. The summed E-state index contributed by atoms with van der Waals surface area (Å²) >= 11 is 5.94. The molecule has 3 rings (SSSR count). The molecule has 1 N–H and O–H groups in total. The second-order valence-electron chi connectivity index (χ2n) is 7.29. The van der Waals surface area contributed by atoms with Crippen molar-refractivity contribution in [1.82, 2.24) is 15.1 Å². The molecule has 0 saturated carbocycles. The fraction of sp³-hybridized carbons (Fsp3) is 0.632. The summed E-state index contributed by atoms with van der Waals surface area (Å²) < 4.78 is 5.70. The Hall–Kier alpha value is -1.30. The molecule has 5 nitrogen and oxygen atoms in total. The van der Waals surface area contributed by atoms with Crippen LogP contribution in [0, 0.1) is 0 Å². The van der Waals surface area contributed by atoms with E-state index >= 15 is 0 Å². The van der Waals surface area contributed by atoms with Crippen LogP contribution in [0.4, 0.5) is 4.79 Å². The molecule has 0 radical (unpaired) electrons. The van der Waals surface area contributed by atoms with Gasteiger partial charge in [0, 0.05) is 43.8 Å². The van der Waals surface area contributed by atoms with Crippen molar-refractivity contribution in [2.24, 2.45) is 0 Å². The van der Waals surface area contributed by atoms with E-state index in [4.69, 9.17) is 16.3 Å². The molecule has 6 heteroatoms. The van der Waals surface area contributed by atoms with E-state index < -0.39 is 0 Å². The highest BCUT2D eigenvalue weighted by atomic mass is 35.5. The van der Waals surface area contributed by atoms with Crippen LogP contribution in [0.3, 0.4) is 0 Å². The number of amides is 2. The molecule has 25 heavy (non-hydrogen) atoms. The number of urea groups is 1. The Morgan fingerprint density at radius 1 is 1.16 bits per heavy atom. The molecule has 1 aromatic rings. The quantitative estimate of drug-likeness (QED) is 0.895. The van der Waals surface area contributed by atoms with Crippen LogP contribution in [-0.4, -0.2) is 60.3 Å². The maximum absolute atomic E-state index is 12.5. The van der Waals surface area contributed by atoms with Crippen LogP contribution in [0.5, 0.6) is 0 Å². The van der Waals surface area contributed by atoms with Crippen LogP contribution < -0.4 is 5.32 Å². The van der Waals surface area contributed by atoms with Crippen molar-refractivity contribution in [3.05, 3.63) is 34.9 Å². The van der Waals surface area contributed by atoms with Gasteiger partial charge < -0.3 is 15.0 Å². The van der Waals surface area contributed by atoms with Crippen LogP contribution in [-0.2, 0) is 11.3 Å². The zero-order chi connectivity index (χ0) is 17.8. The molecule has 2 aliphatic rings. The number of hydrogen-bond donors (Lipinski definition) is 1. The van der Waals surface area contributed by atoms with Crippen molar-refractivity contribution in [3.8, 4) is 0 Å². The number of carbonyl (C=O) groups excluding carboxylic acids is 1. The maximum atomic E-state index is 12.5. The Kier molecular flexibility index (Phi) is 6.20. The Morgan fingerprint density at radius 3 is 2.36 bits per heavy atom. The molecule has 1 aromatic carbocycles. The monoisotopic (exact) mass is 365 g/mol. The lowest BCUT2D eigenvalue weighted by atomic mass is 10.0. The van der Waals surface area contributed by atoms with Crippen molar-refractivity contribution in [1.29, 1.82) is 0 Å². The summed E-state index contributed by atoms with van der Waals surface area (Å²) in [5.41, 5.74) is 1.28. The van der Waals surface area contributed by atoms with E-state index in [9.17, 15) is 4.79 Å². The first-order valence-electron chi connectivity index (χ1n) is 9.17. The van der Waals surface area contributed by atoms with E-state index in [0.717, 1.165) is 37.5 Å². The lowest BCUT2D eigenvalue weighted by Gasteiger charge is -2.37. The predicted molar refractivity (Wildman–Crippen MR) is 99.9 cm³/mol. The van der Waals surface area contributed by atoms with Gasteiger partial charge in [0.2, 0.25) is 0 Å². The largest absolute Gasteiger partial charge is 0.372 e. The van der Waals surface area contributed by atoms with Crippen LogP contribution in [0.2, 0.25) is 5.02 Å². The number of halogens is 1. The van der Waals surface area contributed by atoms with Gasteiger partial charge in [0.25, 0.3) is 0 Å². The van der Waals surface area contributed by atoms with Crippen LogP contribution in [0.1, 0.15) is 32.3 Å². The normalized spacial score (nSPS) is 25.8. The average Bonchev–Trinajstić information content (AvgIpc) is 2.58. The second kappa shape index (κ2) is 8.39. The van der Waals surface area contributed by atoms with E-state index in [1.165, 1.54) is 5.56 Å². The van der Waals surface area contributed by atoms with Gasteiger partial charge in [-0.2, -0.15) is 0 Å². The number of nitrogens with zero attached hydrogens (tertiary/aromatic N) is 2. The standard InChI is InChI=1S/C19H28ClN3O2/c1-14-11-23(12-15(2)25-14)19(24)21-18-7-9-22(10-8-18)13-16-3-5-17(20)6-4-16/h3-6,14-15,18H,7-13H2,1-2H3,(H,21,24). The van der Waals surface area contributed by atoms with Gasteiger partial charge in [0.05, 0.1) is 12.2 Å². The molecule has 0 bridgehead atoms. The Labute approximate surface area is 155 Å². The minimum atomic E-state index is 0.0538. The lowest BCUT2D eigenvalue weighted by molar-refractivity contribution is -0.0549. The van der Waals surface area contributed by atoms with E-state index in [2.05, 4.69) is 22.3 Å². The summed E-state index contributed by atoms with van der Waals surface area (Å²) in [7, 11) is 0. The number of rotatable bonds is 3. The fourth-order valence-electron chi connectivity index (χ4n) is 3.69. The topological polar surface area (TPSA) is 44.8 Å². The number of hydrogen-bond acceptors (Lipinski definition) is 3. The van der Waals surface area contributed by atoms with E-state index in [1.807, 2.05) is 30.9 Å². The SMILES string of the molecule is CC1CN(C(=O)NC2CCN(Cc3ccc(Cl)cc3)CC2)CC(C)O1. The Balaban J connectivity index is 1.43. The highest BCUT2D eigenvalue weighted by molar-refractivity contribution is 6.30. The highest BCUT2D eigenvalue weighted by Gasteiger charge is 2.28. The number of carbonyl (C=O) groups is 1. The van der Waals surface area contributed by atoms with Gasteiger partial charge in [-0.25, -0.2) is 4.79 Å². The van der Waals surface area contributed by atoms with Gasteiger partial charge in [-0.05, 0) is 44.4 Å². The van der Waals surface area contributed by atoms with E-state index in [1.54, 1.807) is 0 Å². The first-order valence-corrected chi connectivity index (χ1v) is 9.55. The highest BCUT2D eigenvalue weighted by Crippen LogP contribution is 2.17. The van der Waals surface area contributed by atoms with Gasteiger partial charge in [-0.1, -0.05) is 23.7 Å². The number of likely N-dealkylation sites (tertiary alicyclic amines) is 1. The van der Waals surface area contributed by atoms with Crippen molar-refractivity contribution in [2.45, 2.75) is 51.5 Å². The number of piperidine rings is 1. The molecule has 2 unspecified atom stereocenters. The van der Waals surface area contributed by atoms with E-state index in [0.29, 0.717) is 13.1 Å². The molecule has 0 spiro atoms. The van der Waals surface area contributed by atoms with Crippen LogP contribution >= 0.6 is 11.6 Å². The molecule has 2 aliphatic heterocycles. The van der Waals surface area contributed by atoms with Gasteiger partial charge in [0.15, 0.2) is 0 Å². The molecule has 2 saturated heterocycles. The summed E-state index contributed by atoms with van der Waals surface area (Å²) in [6.45, 7) is 8.33. The summed E-state index contributed by atoms with van der Waals surface area (Å²) in [6, 6.07) is 8.36. The van der Waals surface area contributed by atoms with Gasteiger partial charge in [-0.15, -0.1) is 0 Å². The minimum absolute atomic E-state index is 0.0538. The first kappa shape index (κ1) is 18.5. The maximum Gasteiger partial charge on any atom is 0.317 e. The van der Waals surface area contributed by atoms with Gasteiger partial charge in [0.1, 0.15) is 0 Å². The molecular formula is C19H28ClN3O2. The van der Waals surface area contributed by atoms with Crippen molar-refractivity contribution in [3.63, 3.8) is 0 Å². The minimum Gasteiger partial charge on any atom is -0.372 e. The molecular weight excluding hydrogens is 338 g/mol. The van der Waals surface area contributed by atoms with Gasteiger partial charge >= 0.3 is 6.03 Å². The predicted octanol–water partition coefficient (Wildman–Crippen LogP) is 3.12. The van der Waals surface area contributed by atoms with Gasteiger partial charge in [-0.3, -0.25) is 4.90 Å². The zero-order valence-electron chi connectivity index (χ0n) is 15.1. The fourth-order valence-corrected chi connectivity index (χ4v) is 3.82. The second-order valence-corrected chi connectivity index (χ2v) is 7.73. The molecule has 138 valence electrons. The third kappa shape index (κ3) is 5.33. The third-order valence-corrected chi connectivity index (χ3v) is 5.19. The number of morpholine rings is 1. The summed E-state index contributed by atoms with van der Waals surface area (Å²) in [5.74, 6) is 0. The van der Waals surface area contributed by atoms with Crippen molar-refractivity contribution >= 4 is 17.6 Å². The molecule has 2 amide bonds. The van der Waals surface area contributed by atoms with Crippen molar-refractivity contribution in [2.75, 3.05) is 26.2 Å². The molecule has 2 heterocycles. The Bertz CT molecular complexity index is 563. The van der Waals surface area contributed by atoms with E-state index in [-0.39, 0.29) is 24.3 Å². The molecule has 0 aliphatic carbocycles.